The predicted octanol–water partition coefficient (Wildman–Crippen LogP) is 4.11. The summed E-state index contributed by atoms with van der Waals surface area (Å²) in [6.07, 6.45) is 3.53. The van der Waals surface area contributed by atoms with Crippen LogP contribution in [0.1, 0.15) is 36.0 Å². The predicted molar refractivity (Wildman–Crippen MR) is 113 cm³/mol. The number of nitrogens with zero attached hydrogens (tertiary/aromatic N) is 1. The van der Waals surface area contributed by atoms with Crippen molar-refractivity contribution in [3.63, 3.8) is 0 Å². The van der Waals surface area contributed by atoms with Crippen LogP contribution in [-0.2, 0) is 19.4 Å². The molecule has 0 unspecified atom stereocenters. The van der Waals surface area contributed by atoms with E-state index < -0.39 is 23.8 Å². The molecule has 1 aliphatic heterocycles. The van der Waals surface area contributed by atoms with Gasteiger partial charge in [-0.15, -0.1) is 0 Å². The maximum atomic E-state index is 14.0. The van der Waals surface area contributed by atoms with E-state index in [1.165, 1.54) is 23.1 Å². The maximum absolute atomic E-state index is 14.0. The van der Waals surface area contributed by atoms with Crippen LogP contribution >= 0.6 is 0 Å². The molecule has 2 fully saturated rings. The molecule has 2 aromatic carbocycles. The molecular weight excluding hydrogens is 400 g/mol. The lowest BCUT2D eigenvalue weighted by atomic mass is 9.78. The van der Waals surface area contributed by atoms with Crippen molar-refractivity contribution < 1.29 is 23.4 Å². The molecule has 166 valence electrons. The van der Waals surface area contributed by atoms with Gasteiger partial charge in [0.25, 0.3) is 0 Å². The van der Waals surface area contributed by atoms with Crippen molar-refractivity contribution in [2.24, 2.45) is 11.8 Å². The zero-order chi connectivity index (χ0) is 21.5. The van der Waals surface area contributed by atoms with Gasteiger partial charge in [0.1, 0.15) is 17.7 Å². The smallest absolute Gasteiger partial charge is 0.165 e. The molecular formula is C25H29F2NO3. The van der Waals surface area contributed by atoms with Gasteiger partial charge >= 0.3 is 0 Å². The number of aryl methyl sites for hydroxylation is 2. The molecule has 0 spiro atoms. The van der Waals surface area contributed by atoms with Crippen molar-refractivity contribution in [2.75, 3.05) is 20.2 Å². The van der Waals surface area contributed by atoms with Gasteiger partial charge in [0, 0.05) is 31.3 Å². The third-order valence-electron chi connectivity index (χ3n) is 7.22. The third kappa shape index (κ3) is 4.15. The van der Waals surface area contributed by atoms with Gasteiger partial charge < -0.3 is 14.6 Å². The minimum Gasteiger partial charge on any atom is -0.496 e. The highest BCUT2D eigenvalue weighted by Crippen LogP contribution is 2.40. The molecule has 0 radical (unpaired) electrons. The average Bonchev–Trinajstić information content (AvgIpc) is 3.36. The van der Waals surface area contributed by atoms with Crippen LogP contribution in [0.5, 0.6) is 11.5 Å². The fourth-order valence-corrected chi connectivity index (χ4v) is 5.68. The number of methoxy groups -OCH3 is 1. The molecule has 1 saturated heterocycles. The number of aliphatic hydroxyl groups excluding tert-OH is 1. The Morgan fingerprint density at radius 2 is 1.74 bits per heavy atom. The highest BCUT2D eigenvalue weighted by atomic mass is 19.1. The van der Waals surface area contributed by atoms with E-state index in [0.29, 0.717) is 24.7 Å². The highest BCUT2D eigenvalue weighted by molar-refractivity contribution is 5.44. The Morgan fingerprint density at radius 1 is 1.00 bits per heavy atom. The topological polar surface area (TPSA) is 41.9 Å². The van der Waals surface area contributed by atoms with Gasteiger partial charge in [0.2, 0.25) is 0 Å². The molecule has 1 saturated carbocycles. The Kier molecular flexibility index (Phi) is 5.61. The van der Waals surface area contributed by atoms with Crippen LogP contribution in [0.4, 0.5) is 8.78 Å². The van der Waals surface area contributed by atoms with E-state index in [4.69, 9.17) is 9.47 Å². The molecule has 31 heavy (non-hydrogen) atoms. The Morgan fingerprint density at radius 3 is 2.52 bits per heavy atom. The standard InChI is InChI=1S/C25H29F2NO3/c1-30-23-9-16-4-2-3-15(16)7-19(23)14-28-12-17-8-22(29)25(10-18(17)13-28)31-24-11-20(26)5-6-21(24)27/h5-7,9,11,17-18,22,25,29H,2-4,8,10,12-14H2,1H3/t17-,18+,22+,25+/m0/s1. The van der Waals surface area contributed by atoms with Gasteiger partial charge in [0.05, 0.1) is 13.2 Å². The fraction of sp³-hybridized carbons (Fsp3) is 0.520. The van der Waals surface area contributed by atoms with Crippen molar-refractivity contribution in [2.45, 2.75) is 50.9 Å². The van der Waals surface area contributed by atoms with E-state index in [-0.39, 0.29) is 5.75 Å². The summed E-state index contributed by atoms with van der Waals surface area (Å²) >= 11 is 0. The molecule has 0 amide bonds. The summed E-state index contributed by atoms with van der Waals surface area (Å²) in [4.78, 5) is 2.42. The van der Waals surface area contributed by atoms with E-state index in [2.05, 4.69) is 17.0 Å². The summed E-state index contributed by atoms with van der Waals surface area (Å²) in [6, 6.07) is 7.68. The normalized spacial score (nSPS) is 27.7. The number of hydrogen-bond acceptors (Lipinski definition) is 4. The SMILES string of the molecule is COc1cc2c(cc1CN1C[C@H]3C[C@@H](Oc4cc(F)ccc4F)[C@H](O)C[C@H]3C1)CCC2. The number of halogens is 2. The largest absolute Gasteiger partial charge is 0.496 e. The second-order valence-corrected chi connectivity index (χ2v) is 9.27. The number of benzene rings is 2. The van der Waals surface area contributed by atoms with Crippen molar-refractivity contribution >= 4 is 0 Å². The second-order valence-electron chi connectivity index (χ2n) is 9.27. The van der Waals surface area contributed by atoms with Crippen LogP contribution in [0, 0.1) is 23.5 Å². The molecule has 3 aliphatic rings. The quantitative estimate of drug-likeness (QED) is 0.777. The summed E-state index contributed by atoms with van der Waals surface area (Å²) in [6.45, 7) is 2.65. The van der Waals surface area contributed by atoms with Gasteiger partial charge in [-0.05, 0) is 73.3 Å². The second kappa shape index (κ2) is 8.40. The number of hydrogen-bond donors (Lipinski definition) is 1. The molecule has 5 rings (SSSR count). The van der Waals surface area contributed by atoms with E-state index in [1.54, 1.807) is 7.11 Å². The first kappa shape index (κ1) is 20.7. The number of ether oxygens (including phenoxy) is 2. The van der Waals surface area contributed by atoms with Crippen LogP contribution in [-0.4, -0.2) is 42.4 Å². The zero-order valence-corrected chi connectivity index (χ0v) is 17.8. The molecule has 6 heteroatoms. The van der Waals surface area contributed by atoms with Gasteiger partial charge in [-0.1, -0.05) is 6.07 Å². The van der Waals surface area contributed by atoms with Crippen molar-refractivity contribution in [1.29, 1.82) is 0 Å². The number of fused-ring (bicyclic) bond motifs is 2. The first-order valence-electron chi connectivity index (χ1n) is 11.2. The maximum Gasteiger partial charge on any atom is 0.165 e. The first-order chi connectivity index (χ1) is 15.0. The number of aliphatic hydroxyl groups is 1. The fourth-order valence-electron chi connectivity index (χ4n) is 5.68. The molecule has 4 atom stereocenters. The summed E-state index contributed by atoms with van der Waals surface area (Å²) in [5.74, 6) is 0.430. The molecule has 1 N–H and O–H groups in total. The molecule has 0 aromatic heterocycles. The van der Waals surface area contributed by atoms with Crippen LogP contribution < -0.4 is 9.47 Å². The minimum atomic E-state index is -0.682. The van der Waals surface area contributed by atoms with E-state index in [9.17, 15) is 13.9 Å². The van der Waals surface area contributed by atoms with Gasteiger partial charge in [-0.3, -0.25) is 4.90 Å². The number of likely N-dealkylation sites (tertiary alicyclic amines) is 1. The first-order valence-corrected chi connectivity index (χ1v) is 11.2. The van der Waals surface area contributed by atoms with Gasteiger partial charge in [0.15, 0.2) is 11.6 Å². The van der Waals surface area contributed by atoms with E-state index >= 15 is 0 Å². The zero-order valence-electron chi connectivity index (χ0n) is 17.8. The molecule has 0 bridgehead atoms. The summed E-state index contributed by atoms with van der Waals surface area (Å²) < 4.78 is 38.9. The average molecular weight is 430 g/mol. The summed E-state index contributed by atoms with van der Waals surface area (Å²) in [5, 5.41) is 10.6. The summed E-state index contributed by atoms with van der Waals surface area (Å²) in [5.41, 5.74) is 4.06. The lowest BCUT2D eigenvalue weighted by molar-refractivity contribution is -0.0247. The van der Waals surface area contributed by atoms with Crippen molar-refractivity contribution in [1.82, 2.24) is 4.90 Å². The van der Waals surface area contributed by atoms with Gasteiger partial charge in [-0.2, -0.15) is 0 Å². The van der Waals surface area contributed by atoms with Crippen LogP contribution in [0.2, 0.25) is 0 Å². The molecule has 1 heterocycles. The highest BCUT2D eigenvalue weighted by Gasteiger charge is 2.43. The Hall–Kier alpha value is -2.18. The lowest BCUT2D eigenvalue weighted by Gasteiger charge is -2.35. The van der Waals surface area contributed by atoms with E-state index in [0.717, 1.165) is 56.4 Å². The van der Waals surface area contributed by atoms with Crippen LogP contribution in [0.3, 0.4) is 0 Å². The van der Waals surface area contributed by atoms with Gasteiger partial charge in [-0.25, -0.2) is 8.78 Å². The Bertz CT molecular complexity index is 966. The Labute approximate surface area is 181 Å². The summed E-state index contributed by atoms with van der Waals surface area (Å²) in [7, 11) is 1.73. The number of rotatable bonds is 5. The molecule has 2 aromatic rings. The van der Waals surface area contributed by atoms with Crippen LogP contribution in [0.15, 0.2) is 30.3 Å². The lowest BCUT2D eigenvalue weighted by Crippen LogP contribution is -2.42. The minimum absolute atomic E-state index is 0.125. The molecule has 4 nitrogen and oxygen atoms in total. The Balaban J connectivity index is 1.26. The van der Waals surface area contributed by atoms with Crippen molar-refractivity contribution in [3.05, 3.63) is 58.7 Å². The molecule has 2 aliphatic carbocycles. The third-order valence-corrected chi connectivity index (χ3v) is 7.22. The van der Waals surface area contributed by atoms with E-state index in [1.807, 2.05) is 0 Å². The van der Waals surface area contributed by atoms with Crippen LogP contribution in [0.25, 0.3) is 0 Å². The van der Waals surface area contributed by atoms with Crippen molar-refractivity contribution in [3.8, 4) is 11.5 Å². The monoisotopic (exact) mass is 429 g/mol.